The van der Waals surface area contributed by atoms with Crippen LogP contribution >= 0.6 is 0 Å². The molecular weight excluding hydrogens is 188 g/mol. The van der Waals surface area contributed by atoms with Crippen molar-refractivity contribution in [1.82, 2.24) is 5.32 Å². The molecule has 0 aliphatic carbocycles. The fourth-order valence-electron chi connectivity index (χ4n) is 2.25. The molecule has 0 saturated carbocycles. The van der Waals surface area contributed by atoms with Crippen molar-refractivity contribution in [2.24, 2.45) is 0 Å². The highest BCUT2D eigenvalue weighted by molar-refractivity contribution is 6.05. The topological polar surface area (TPSA) is 32.3 Å². The lowest BCUT2D eigenvalue weighted by Gasteiger charge is -2.13. The van der Waals surface area contributed by atoms with E-state index in [9.17, 15) is 4.79 Å². The summed E-state index contributed by atoms with van der Waals surface area (Å²) in [6.07, 6.45) is 0.956. The van der Waals surface area contributed by atoms with Gasteiger partial charge in [0, 0.05) is 12.6 Å². The summed E-state index contributed by atoms with van der Waals surface area (Å²) in [6.45, 7) is 2.11. The van der Waals surface area contributed by atoms with Gasteiger partial charge in [-0.1, -0.05) is 25.1 Å². The van der Waals surface area contributed by atoms with Gasteiger partial charge >= 0.3 is 0 Å². The van der Waals surface area contributed by atoms with Crippen LogP contribution in [0.4, 0.5) is 5.69 Å². The number of hydrogen-bond acceptors (Lipinski definition) is 2. The lowest BCUT2D eigenvalue weighted by Crippen LogP contribution is -2.30. The minimum Gasteiger partial charge on any atom is -0.313 e. The standard InChI is InChI=1S/C12H16N2O/c1-4-8-6-5-7-9-10(13-2)12(15)14(3)11(8)9/h5-7,10,13H,4H2,1-3H3. The Morgan fingerprint density at radius 2 is 2.20 bits per heavy atom. The Morgan fingerprint density at radius 1 is 1.47 bits per heavy atom. The van der Waals surface area contributed by atoms with Crippen LogP contribution in [-0.4, -0.2) is 20.0 Å². The van der Waals surface area contributed by atoms with E-state index < -0.39 is 0 Å². The van der Waals surface area contributed by atoms with E-state index in [4.69, 9.17) is 0 Å². The highest BCUT2D eigenvalue weighted by Crippen LogP contribution is 2.37. The van der Waals surface area contributed by atoms with Gasteiger partial charge in [0.15, 0.2) is 0 Å². The molecule has 0 fully saturated rings. The van der Waals surface area contributed by atoms with E-state index in [-0.39, 0.29) is 11.9 Å². The van der Waals surface area contributed by atoms with Crippen LogP contribution in [0.5, 0.6) is 0 Å². The van der Waals surface area contributed by atoms with Crippen molar-refractivity contribution in [1.29, 1.82) is 0 Å². The second-order valence-corrected chi connectivity index (χ2v) is 3.83. The normalized spacial score (nSPS) is 19.5. The highest BCUT2D eigenvalue weighted by atomic mass is 16.2. The Bertz CT molecular complexity index is 401. The zero-order valence-corrected chi connectivity index (χ0v) is 9.37. The van der Waals surface area contributed by atoms with Crippen molar-refractivity contribution in [3.05, 3.63) is 29.3 Å². The maximum atomic E-state index is 11.9. The lowest BCUT2D eigenvalue weighted by atomic mass is 10.0. The molecule has 1 amide bonds. The summed E-state index contributed by atoms with van der Waals surface area (Å²) in [4.78, 5) is 13.7. The largest absolute Gasteiger partial charge is 0.313 e. The van der Waals surface area contributed by atoms with Crippen LogP contribution in [0.3, 0.4) is 0 Å². The average Bonchev–Trinajstić information content (AvgIpc) is 2.51. The van der Waals surface area contributed by atoms with Crippen LogP contribution in [0.25, 0.3) is 0 Å². The van der Waals surface area contributed by atoms with Crippen molar-refractivity contribution >= 4 is 11.6 Å². The van der Waals surface area contributed by atoms with Gasteiger partial charge in [0.2, 0.25) is 5.91 Å². The summed E-state index contributed by atoms with van der Waals surface area (Å²) >= 11 is 0. The van der Waals surface area contributed by atoms with Gasteiger partial charge in [0.1, 0.15) is 6.04 Å². The van der Waals surface area contributed by atoms with Crippen LogP contribution in [0.2, 0.25) is 0 Å². The first-order valence-corrected chi connectivity index (χ1v) is 5.27. The van der Waals surface area contributed by atoms with E-state index in [0.29, 0.717) is 0 Å². The van der Waals surface area contributed by atoms with Crippen LogP contribution in [0.15, 0.2) is 18.2 Å². The molecule has 1 unspecified atom stereocenters. The minimum atomic E-state index is -0.170. The van der Waals surface area contributed by atoms with E-state index in [1.54, 1.807) is 4.90 Å². The monoisotopic (exact) mass is 204 g/mol. The van der Waals surface area contributed by atoms with Crippen LogP contribution in [-0.2, 0) is 11.2 Å². The van der Waals surface area contributed by atoms with Crippen molar-refractivity contribution in [2.45, 2.75) is 19.4 Å². The summed E-state index contributed by atoms with van der Waals surface area (Å²) < 4.78 is 0. The summed E-state index contributed by atoms with van der Waals surface area (Å²) in [7, 11) is 3.67. The van der Waals surface area contributed by atoms with Gasteiger partial charge < -0.3 is 10.2 Å². The van der Waals surface area contributed by atoms with Gasteiger partial charge in [0.05, 0.1) is 5.69 Å². The first-order valence-electron chi connectivity index (χ1n) is 5.27. The SMILES string of the molecule is CCc1cccc2c1N(C)C(=O)C2NC. The number of aryl methyl sites for hydroxylation is 1. The van der Waals surface area contributed by atoms with Crippen LogP contribution in [0, 0.1) is 0 Å². The highest BCUT2D eigenvalue weighted by Gasteiger charge is 2.34. The molecule has 0 radical (unpaired) electrons. The summed E-state index contributed by atoms with van der Waals surface area (Å²) in [6, 6.07) is 5.96. The maximum absolute atomic E-state index is 11.9. The number of carbonyl (C=O) groups excluding carboxylic acids is 1. The molecule has 0 bridgehead atoms. The number of hydrogen-bond donors (Lipinski definition) is 1. The van der Waals surface area contributed by atoms with Gasteiger partial charge in [-0.25, -0.2) is 0 Å². The molecule has 3 nitrogen and oxygen atoms in total. The maximum Gasteiger partial charge on any atom is 0.248 e. The molecule has 1 atom stereocenters. The van der Waals surface area contributed by atoms with Gasteiger partial charge in [-0.05, 0) is 19.0 Å². The first-order chi connectivity index (χ1) is 7.20. The number of rotatable bonds is 2. The Kier molecular flexibility index (Phi) is 2.49. The predicted molar refractivity (Wildman–Crippen MR) is 61.0 cm³/mol. The average molecular weight is 204 g/mol. The molecule has 1 aromatic rings. The van der Waals surface area contributed by atoms with Crippen LogP contribution < -0.4 is 10.2 Å². The van der Waals surface area contributed by atoms with E-state index in [1.807, 2.05) is 26.2 Å². The molecule has 1 aromatic carbocycles. The summed E-state index contributed by atoms with van der Waals surface area (Å²) in [5, 5.41) is 3.06. The smallest absolute Gasteiger partial charge is 0.248 e. The van der Waals surface area contributed by atoms with E-state index >= 15 is 0 Å². The van der Waals surface area contributed by atoms with E-state index in [1.165, 1.54) is 5.56 Å². The summed E-state index contributed by atoms with van der Waals surface area (Å²) in [5.74, 6) is 0.133. The van der Waals surface area contributed by atoms with Crippen molar-refractivity contribution in [3.8, 4) is 0 Å². The molecule has 1 heterocycles. The van der Waals surface area contributed by atoms with Gasteiger partial charge in [-0.15, -0.1) is 0 Å². The molecule has 3 heteroatoms. The number of anilines is 1. The number of likely N-dealkylation sites (N-methyl/N-ethyl adjacent to an activating group) is 2. The molecule has 2 rings (SSSR count). The second kappa shape index (κ2) is 3.66. The van der Waals surface area contributed by atoms with E-state index in [0.717, 1.165) is 17.7 Å². The number of nitrogens with one attached hydrogen (secondary N) is 1. The van der Waals surface area contributed by atoms with Crippen LogP contribution in [0.1, 0.15) is 24.1 Å². The molecule has 1 N–H and O–H groups in total. The first kappa shape index (κ1) is 10.2. The molecule has 80 valence electrons. The molecule has 15 heavy (non-hydrogen) atoms. The Morgan fingerprint density at radius 3 is 2.80 bits per heavy atom. The molecule has 0 spiro atoms. The number of para-hydroxylation sites is 1. The molecule has 1 aliphatic heterocycles. The van der Waals surface area contributed by atoms with Crippen molar-refractivity contribution in [2.75, 3.05) is 19.0 Å². The molecule has 1 aliphatic rings. The third-order valence-corrected chi connectivity index (χ3v) is 3.04. The van der Waals surface area contributed by atoms with Gasteiger partial charge in [-0.2, -0.15) is 0 Å². The van der Waals surface area contributed by atoms with Crippen molar-refractivity contribution < 1.29 is 4.79 Å². The minimum absolute atomic E-state index is 0.133. The number of fused-ring (bicyclic) bond motifs is 1. The molecule has 0 saturated heterocycles. The van der Waals surface area contributed by atoms with Crippen molar-refractivity contribution in [3.63, 3.8) is 0 Å². The zero-order chi connectivity index (χ0) is 11.0. The fourth-order valence-corrected chi connectivity index (χ4v) is 2.25. The second-order valence-electron chi connectivity index (χ2n) is 3.83. The quantitative estimate of drug-likeness (QED) is 0.791. The Labute approximate surface area is 90.1 Å². The third kappa shape index (κ3) is 1.35. The summed E-state index contributed by atoms with van der Waals surface area (Å²) in [5.41, 5.74) is 3.43. The number of benzene rings is 1. The zero-order valence-electron chi connectivity index (χ0n) is 9.37. The number of carbonyl (C=O) groups is 1. The third-order valence-electron chi connectivity index (χ3n) is 3.04. The predicted octanol–water partition coefficient (Wildman–Crippen LogP) is 1.49. The number of amides is 1. The van der Waals surface area contributed by atoms with Gasteiger partial charge in [0.25, 0.3) is 0 Å². The van der Waals surface area contributed by atoms with E-state index in [2.05, 4.69) is 18.3 Å². The molecular formula is C12H16N2O. The Balaban J connectivity index is 2.59. The fraction of sp³-hybridized carbons (Fsp3) is 0.417. The van der Waals surface area contributed by atoms with Gasteiger partial charge in [-0.3, -0.25) is 4.79 Å². The Hall–Kier alpha value is -1.35. The number of nitrogens with zero attached hydrogens (tertiary/aromatic N) is 1. The lowest BCUT2D eigenvalue weighted by molar-refractivity contribution is -0.119. The molecule has 0 aromatic heterocycles.